The minimum Gasteiger partial charge on any atom is -0.354 e. The van der Waals surface area contributed by atoms with Gasteiger partial charge in [0.15, 0.2) is 0 Å². The molecule has 3 N–H and O–H groups in total. The molecule has 30 heavy (non-hydrogen) atoms. The van der Waals surface area contributed by atoms with Crippen molar-refractivity contribution < 1.29 is 9.59 Å². The summed E-state index contributed by atoms with van der Waals surface area (Å²) in [5.41, 5.74) is 2.52. The lowest BCUT2D eigenvalue weighted by Crippen LogP contribution is -2.58. The first-order valence-electron chi connectivity index (χ1n) is 11.0. The summed E-state index contributed by atoms with van der Waals surface area (Å²) in [5.74, 6) is 0.204. The maximum atomic E-state index is 12.4. The highest BCUT2D eigenvalue weighted by Gasteiger charge is 2.43. The molecular formula is C23H33N5O2. The van der Waals surface area contributed by atoms with Crippen molar-refractivity contribution in [2.45, 2.75) is 63.8 Å². The van der Waals surface area contributed by atoms with E-state index in [-0.39, 0.29) is 36.0 Å². The third kappa shape index (κ3) is 4.37. The van der Waals surface area contributed by atoms with Crippen LogP contribution in [0.5, 0.6) is 0 Å². The first kappa shape index (κ1) is 20.9. The molecule has 1 aromatic carbocycles. The lowest BCUT2D eigenvalue weighted by atomic mass is 10.0. The van der Waals surface area contributed by atoms with E-state index >= 15 is 0 Å². The zero-order chi connectivity index (χ0) is 21.3. The van der Waals surface area contributed by atoms with E-state index in [0.717, 1.165) is 25.9 Å². The molecule has 162 valence electrons. The molecule has 3 heterocycles. The Kier molecular flexibility index (Phi) is 6.11. The van der Waals surface area contributed by atoms with Gasteiger partial charge in [0.25, 0.3) is 0 Å². The molecule has 0 unspecified atom stereocenters. The summed E-state index contributed by atoms with van der Waals surface area (Å²) in [5, 5.41) is 11.0. The number of carbonyl (C=O) groups is 2. The first-order chi connectivity index (χ1) is 14.4. The van der Waals surface area contributed by atoms with Crippen LogP contribution in [-0.4, -0.2) is 58.5 Å². The number of piperazine rings is 1. The Morgan fingerprint density at radius 3 is 2.90 bits per heavy atom. The number of nitrogens with zero attached hydrogens (tertiary/aromatic N) is 2. The molecule has 0 bridgehead atoms. The quantitative estimate of drug-likeness (QED) is 0.646. The fourth-order valence-electron chi connectivity index (χ4n) is 4.90. The third-order valence-corrected chi connectivity index (χ3v) is 6.34. The molecule has 2 amide bonds. The number of amides is 2. The van der Waals surface area contributed by atoms with E-state index < -0.39 is 0 Å². The molecule has 2 aliphatic heterocycles. The van der Waals surface area contributed by atoms with Gasteiger partial charge in [-0.3, -0.25) is 14.5 Å². The van der Waals surface area contributed by atoms with E-state index in [0.29, 0.717) is 13.0 Å². The van der Waals surface area contributed by atoms with Crippen LogP contribution in [0.3, 0.4) is 0 Å². The van der Waals surface area contributed by atoms with Gasteiger partial charge < -0.3 is 20.5 Å². The Bertz CT molecular complexity index is 921. The summed E-state index contributed by atoms with van der Waals surface area (Å²) in [7, 11) is 2.08. The molecule has 2 fully saturated rings. The van der Waals surface area contributed by atoms with Gasteiger partial charge in [-0.15, -0.1) is 0 Å². The van der Waals surface area contributed by atoms with Crippen LogP contribution in [0.4, 0.5) is 0 Å². The molecule has 7 heteroatoms. The monoisotopic (exact) mass is 411 g/mol. The second-order valence-corrected chi connectivity index (χ2v) is 8.97. The van der Waals surface area contributed by atoms with E-state index in [1.807, 2.05) is 13.8 Å². The highest BCUT2D eigenvalue weighted by atomic mass is 16.2. The maximum Gasteiger partial charge on any atom is 0.237 e. The Morgan fingerprint density at radius 2 is 2.10 bits per heavy atom. The standard InChI is InChI=1S/C23H33N5O2/c1-15(2)26-22(29)9-8-18-12-25-23(30)21-10-17(14-28(18)21)24-11-16-13-27(3)20-7-5-4-6-19(16)20/h4-7,13,15,17-18,21,24H,8-12,14H2,1-3H3,(H,25,30)(H,26,29)/t17-,18-,21+/m0/s1. The minimum atomic E-state index is -0.0954. The van der Waals surface area contributed by atoms with Gasteiger partial charge in [-0.05, 0) is 38.3 Å². The van der Waals surface area contributed by atoms with E-state index in [1.165, 1.54) is 16.5 Å². The van der Waals surface area contributed by atoms with Crippen LogP contribution < -0.4 is 16.0 Å². The smallest absolute Gasteiger partial charge is 0.237 e. The van der Waals surface area contributed by atoms with Gasteiger partial charge in [-0.2, -0.15) is 0 Å². The van der Waals surface area contributed by atoms with Gasteiger partial charge in [-0.25, -0.2) is 0 Å². The fraction of sp³-hybridized carbons (Fsp3) is 0.565. The number of rotatable bonds is 7. The maximum absolute atomic E-state index is 12.4. The minimum absolute atomic E-state index is 0.0864. The molecule has 7 nitrogen and oxygen atoms in total. The summed E-state index contributed by atoms with van der Waals surface area (Å²) in [4.78, 5) is 26.8. The molecule has 0 spiro atoms. The van der Waals surface area contributed by atoms with Crippen molar-refractivity contribution in [3.63, 3.8) is 0 Å². The number of hydrogen-bond acceptors (Lipinski definition) is 4. The lowest BCUT2D eigenvalue weighted by molar-refractivity contribution is -0.129. The summed E-state index contributed by atoms with van der Waals surface area (Å²) in [6.45, 7) is 6.21. The van der Waals surface area contributed by atoms with Crippen LogP contribution in [0, 0.1) is 0 Å². The van der Waals surface area contributed by atoms with Crippen LogP contribution in [0.25, 0.3) is 10.9 Å². The average molecular weight is 412 g/mol. The molecular weight excluding hydrogens is 378 g/mol. The van der Waals surface area contributed by atoms with Crippen LogP contribution in [0.2, 0.25) is 0 Å². The second kappa shape index (κ2) is 8.78. The van der Waals surface area contributed by atoms with Crippen LogP contribution in [0.15, 0.2) is 30.5 Å². The highest BCUT2D eigenvalue weighted by Crippen LogP contribution is 2.27. The van der Waals surface area contributed by atoms with E-state index in [1.54, 1.807) is 0 Å². The topological polar surface area (TPSA) is 78.4 Å². The molecule has 4 rings (SSSR count). The number of para-hydroxylation sites is 1. The van der Waals surface area contributed by atoms with Crippen LogP contribution in [-0.2, 0) is 23.2 Å². The Hall–Kier alpha value is -2.38. The predicted octanol–water partition coefficient (Wildman–Crippen LogP) is 1.51. The number of aryl methyl sites for hydroxylation is 1. The summed E-state index contributed by atoms with van der Waals surface area (Å²) < 4.78 is 2.16. The zero-order valence-corrected chi connectivity index (χ0v) is 18.1. The van der Waals surface area contributed by atoms with Gasteiger partial charge in [0.1, 0.15) is 0 Å². The molecule has 1 aromatic heterocycles. The van der Waals surface area contributed by atoms with Crippen molar-refractivity contribution in [1.29, 1.82) is 0 Å². The molecule has 2 saturated heterocycles. The van der Waals surface area contributed by atoms with Crippen molar-refractivity contribution in [2.75, 3.05) is 13.1 Å². The number of aromatic nitrogens is 1. The first-order valence-corrected chi connectivity index (χ1v) is 11.0. The van der Waals surface area contributed by atoms with E-state index in [9.17, 15) is 9.59 Å². The fourth-order valence-corrected chi connectivity index (χ4v) is 4.90. The Labute approximate surface area is 178 Å². The van der Waals surface area contributed by atoms with Crippen molar-refractivity contribution in [2.24, 2.45) is 7.05 Å². The highest BCUT2D eigenvalue weighted by molar-refractivity contribution is 5.84. The zero-order valence-electron chi connectivity index (χ0n) is 18.1. The number of nitrogens with one attached hydrogen (secondary N) is 3. The summed E-state index contributed by atoms with van der Waals surface area (Å²) in [6.07, 6.45) is 4.26. The van der Waals surface area contributed by atoms with Crippen molar-refractivity contribution >= 4 is 22.7 Å². The Balaban J connectivity index is 1.36. The molecule has 3 atom stereocenters. The molecule has 0 aliphatic carbocycles. The van der Waals surface area contributed by atoms with Gasteiger partial charge in [0.05, 0.1) is 6.04 Å². The average Bonchev–Trinajstić information content (AvgIpc) is 3.28. The second-order valence-electron chi connectivity index (χ2n) is 8.97. The molecule has 2 aromatic rings. The van der Waals surface area contributed by atoms with Crippen molar-refractivity contribution in [3.8, 4) is 0 Å². The third-order valence-electron chi connectivity index (χ3n) is 6.34. The van der Waals surface area contributed by atoms with Crippen molar-refractivity contribution in [3.05, 3.63) is 36.0 Å². The SMILES string of the molecule is CC(C)NC(=O)CC[C@H]1CNC(=O)[C@H]2C[C@H](NCc3cn(C)c4ccccc34)CN12. The number of fused-ring (bicyclic) bond motifs is 2. The van der Waals surface area contributed by atoms with Gasteiger partial charge in [0, 0.05) is 68.3 Å². The summed E-state index contributed by atoms with van der Waals surface area (Å²) >= 11 is 0. The predicted molar refractivity (Wildman–Crippen MR) is 118 cm³/mol. The van der Waals surface area contributed by atoms with Crippen molar-refractivity contribution in [1.82, 2.24) is 25.4 Å². The lowest BCUT2D eigenvalue weighted by Gasteiger charge is -2.37. The molecule has 0 saturated carbocycles. The van der Waals surface area contributed by atoms with Gasteiger partial charge in [-0.1, -0.05) is 18.2 Å². The van der Waals surface area contributed by atoms with Gasteiger partial charge in [0.2, 0.25) is 11.8 Å². The number of hydrogen-bond donors (Lipinski definition) is 3. The van der Waals surface area contributed by atoms with Crippen LogP contribution in [0.1, 0.15) is 38.7 Å². The normalized spacial score (nSPS) is 24.3. The Morgan fingerprint density at radius 1 is 1.30 bits per heavy atom. The number of benzene rings is 1. The van der Waals surface area contributed by atoms with Crippen LogP contribution >= 0.6 is 0 Å². The number of carbonyl (C=O) groups excluding carboxylic acids is 2. The van der Waals surface area contributed by atoms with Gasteiger partial charge >= 0.3 is 0 Å². The summed E-state index contributed by atoms with van der Waals surface area (Å²) in [6, 6.07) is 8.99. The van der Waals surface area contributed by atoms with E-state index in [2.05, 4.69) is 62.9 Å². The largest absolute Gasteiger partial charge is 0.354 e. The molecule has 0 radical (unpaired) electrons. The van der Waals surface area contributed by atoms with E-state index in [4.69, 9.17) is 0 Å². The molecule has 2 aliphatic rings.